The zero-order chi connectivity index (χ0) is 26.6. The summed E-state index contributed by atoms with van der Waals surface area (Å²) in [6.45, 7) is 0. The topological polar surface area (TPSA) is 280 Å². The van der Waals surface area contributed by atoms with Crippen LogP contribution in [-0.2, 0) is 19.2 Å². The maximum Gasteiger partial charge on any atom is 0.355 e. The van der Waals surface area contributed by atoms with Crippen molar-refractivity contribution in [3.63, 3.8) is 0 Å². The van der Waals surface area contributed by atoms with Gasteiger partial charge in [0.2, 0.25) is 5.82 Å². The first-order valence-corrected chi connectivity index (χ1v) is 9.12. The molecule has 0 aromatic heterocycles. The lowest BCUT2D eigenvalue weighted by Gasteiger charge is -2.40. The van der Waals surface area contributed by atoms with Crippen molar-refractivity contribution in [2.24, 2.45) is 20.8 Å². The minimum atomic E-state index is -2.18. The van der Waals surface area contributed by atoms with Gasteiger partial charge in [-0.15, -0.1) is 10.2 Å². The first kappa shape index (κ1) is 23.2. The molecule has 0 radical (unpaired) electrons. The van der Waals surface area contributed by atoms with Crippen LogP contribution in [0.1, 0.15) is 20.7 Å². The SMILES string of the molecule is O=C(O)C1=C(C(=O)O)C2=c3c(C(=O)O)c(C(=O)O)ccc3=C3N=NN=NN3N2C(C(=O)O)=C1C(=O)O. The number of hydrogen-bond acceptors (Lipinski definition) is 12. The Balaban J connectivity index is 2.47. The lowest BCUT2D eigenvalue weighted by atomic mass is 9.88. The second-order valence-electron chi connectivity index (χ2n) is 6.86. The molecule has 1 aromatic rings. The number of rotatable bonds is 6. The second kappa shape index (κ2) is 7.83. The summed E-state index contributed by atoms with van der Waals surface area (Å²) in [6.07, 6.45) is 0. The van der Waals surface area contributed by atoms with Gasteiger partial charge in [-0.3, -0.25) is 0 Å². The molecule has 0 spiro atoms. The molecule has 6 N–H and O–H groups in total. The molecule has 4 rings (SSSR count). The number of hydrogen-bond donors (Lipinski definition) is 6. The summed E-state index contributed by atoms with van der Waals surface area (Å²) in [5.41, 5.74) is -8.73. The highest BCUT2D eigenvalue weighted by Crippen LogP contribution is 2.40. The average Bonchev–Trinajstić information content (AvgIpc) is 2.80. The Bertz CT molecular complexity index is 1610. The van der Waals surface area contributed by atoms with E-state index in [9.17, 15) is 59.4 Å². The Morgan fingerprint density at radius 2 is 1.28 bits per heavy atom. The number of nitrogens with zero attached hydrogens (tertiary/aromatic N) is 6. The first-order valence-electron chi connectivity index (χ1n) is 9.12. The molecule has 0 unspecified atom stereocenters. The van der Waals surface area contributed by atoms with E-state index in [1.165, 1.54) is 0 Å². The van der Waals surface area contributed by atoms with Crippen molar-refractivity contribution in [2.75, 3.05) is 0 Å². The van der Waals surface area contributed by atoms with Crippen molar-refractivity contribution in [1.29, 1.82) is 0 Å². The summed E-state index contributed by atoms with van der Waals surface area (Å²) in [6, 6.07) is 1.81. The molecule has 0 amide bonds. The van der Waals surface area contributed by atoms with Gasteiger partial charge in [0.15, 0.2) is 5.70 Å². The smallest absolute Gasteiger partial charge is 0.355 e. The molecule has 0 saturated heterocycles. The van der Waals surface area contributed by atoms with Gasteiger partial charge in [-0.05, 0) is 27.8 Å². The fourth-order valence-electron chi connectivity index (χ4n) is 3.87. The minimum absolute atomic E-state index is 0.263. The molecule has 0 saturated carbocycles. The predicted octanol–water partition coefficient (Wildman–Crippen LogP) is -1.56. The molecule has 0 aliphatic carbocycles. The van der Waals surface area contributed by atoms with Gasteiger partial charge < -0.3 is 30.6 Å². The van der Waals surface area contributed by atoms with Gasteiger partial charge in [-0.2, -0.15) is 0 Å². The maximum atomic E-state index is 12.3. The molecular formula is C18H8N6O12. The van der Waals surface area contributed by atoms with Gasteiger partial charge in [-0.25, -0.2) is 33.8 Å². The third kappa shape index (κ3) is 3.05. The second-order valence-corrected chi connectivity index (χ2v) is 6.86. The number of carbonyl (C=O) groups is 6. The van der Waals surface area contributed by atoms with Crippen LogP contribution in [0.5, 0.6) is 0 Å². The lowest BCUT2D eigenvalue weighted by Crippen LogP contribution is -2.55. The Labute approximate surface area is 194 Å². The number of fused-ring (bicyclic) bond motifs is 4. The largest absolute Gasteiger partial charge is 0.478 e. The molecular weight excluding hydrogens is 492 g/mol. The molecule has 18 heteroatoms. The van der Waals surface area contributed by atoms with Crippen LogP contribution < -0.4 is 10.4 Å². The third-order valence-corrected chi connectivity index (χ3v) is 5.05. The quantitative estimate of drug-likeness (QED) is 0.258. The highest BCUT2D eigenvalue weighted by atomic mass is 16.4. The molecule has 36 heavy (non-hydrogen) atoms. The van der Waals surface area contributed by atoms with Gasteiger partial charge in [0.25, 0.3) is 0 Å². The van der Waals surface area contributed by atoms with E-state index in [0.717, 1.165) is 12.1 Å². The Morgan fingerprint density at radius 1 is 0.667 bits per heavy atom. The van der Waals surface area contributed by atoms with Crippen molar-refractivity contribution in [3.05, 3.63) is 56.1 Å². The Kier molecular flexibility index (Phi) is 5.05. The van der Waals surface area contributed by atoms with Crippen LogP contribution in [0.4, 0.5) is 0 Å². The van der Waals surface area contributed by atoms with E-state index in [0.29, 0.717) is 5.12 Å². The van der Waals surface area contributed by atoms with Gasteiger partial charge in [-0.1, -0.05) is 0 Å². The summed E-state index contributed by atoms with van der Waals surface area (Å²) in [4.78, 5) is 72.6. The van der Waals surface area contributed by atoms with Gasteiger partial charge in [0, 0.05) is 10.4 Å². The normalized spacial score (nSPS) is 15.9. The predicted molar refractivity (Wildman–Crippen MR) is 104 cm³/mol. The number of benzene rings is 1. The molecule has 3 aliphatic rings. The number of aliphatic carboxylic acids is 4. The molecule has 3 aliphatic heterocycles. The molecule has 0 fully saturated rings. The number of carboxylic acid groups (broad SMARTS) is 6. The van der Waals surface area contributed by atoms with Gasteiger partial charge in [0.1, 0.15) is 11.1 Å². The lowest BCUT2D eigenvalue weighted by molar-refractivity contribution is -0.140. The van der Waals surface area contributed by atoms with Crippen LogP contribution in [-0.4, -0.2) is 76.6 Å². The van der Waals surface area contributed by atoms with Crippen LogP contribution >= 0.6 is 0 Å². The van der Waals surface area contributed by atoms with Crippen LogP contribution in [0.3, 0.4) is 0 Å². The number of carboxylic acids is 6. The van der Waals surface area contributed by atoms with E-state index in [4.69, 9.17) is 0 Å². The van der Waals surface area contributed by atoms with Crippen molar-refractivity contribution in [3.8, 4) is 0 Å². The standard InChI is InChI=1S/C18H8N6O12/c25-13(26)4-2-1-3-5(6(4)14(27)28)10-8(16(31)32)7(15(29)30)9(17(33)34)11(18(35)36)23(10)24-12(3)19-20-21-22-24/h1-2H,(H,25,26)(H,27,28)(H,29,30)(H,31,32)(H,33,34)(H,35,36). The van der Waals surface area contributed by atoms with Gasteiger partial charge >= 0.3 is 35.8 Å². The Morgan fingerprint density at radius 3 is 1.78 bits per heavy atom. The van der Waals surface area contributed by atoms with Crippen molar-refractivity contribution >= 4 is 47.3 Å². The molecule has 3 heterocycles. The average molecular weight is 500 g/mol. The highest BCUT2D eigenvalue weighted by Gasteiger charge is 2.48. The number of aromatic carboxylic acids is 2. The minimum Gasteiger partial charge on any atom is -0.478 e. The number of hydrazine groups is 1. The summed E-state index contributed by atoms with van der Waals surface area (Å²) >= 11 is 0. The summed E-state index contributed by atoms with van der Waals surface area (Å²) < 4.78 is 0. The molecule has 18 nitrogen and oxygen atoms in total. The van der Waals surface area contributed by atoms with Crippen LogP contribution in [0.25, 0.3) is 11.5 Å². The van der Waals surface area contributed by atoms with E-state index < -0.39 is 86.1 Å². The maximum absolute atomic E-state index is 12.3. The van der Waals surface area contributed by atoms with Crippen LogP contribution in [0.2, 0.25) is 0 Å². The monoisotopic (exact) mass is 500 g/mol. The highest BCUT2D eigenvalue weighted by molar-refractivity contribution is 6.20. The zero-order valence-corrected chi connectivity index (χ0v) is 17.0. The van der Waals surface area contributed by atoms with E-state index >= 15 is 0 Å². The zero-order valence-electron chi connectivity index (χ0n) is 17.0. The van der Waals surface area contributed by atoms with Crippen molar-refractivity contribution < 1.29 is 59.4 Å². The fraction of sp³-hybridized carbons (Fsp3) is 0. The summed E-state index contributed by atoms with van der Waals surface area (Å²) in [7, 11) is 0. The van der Waals surface area contributed by atoms with Crippen molar-refractivity contribution in [2.45, 2.75) is 0 Å². The van der Waals surface area contributed by atoms with Crippen LogP contribution in [0.15, 0.2) is 55.3 Å². The third-order valence-electron chi connectivity index (χ3n) is 5.05. The van der Waals surface area contributed by atoms with Gasteiger partial charge in [0.05, 0.1) is 22.4 Å². The van der Waals surface area contributed by atoms with E-state index in [-0.39, 0.29) is 10.2 Å². The molecule has 0 bridgehead atoms. The fourth-order valence-corrected chi connectivity index (χ4v) is 3.87. The Hall–Kier alpha value is -5.94. The van der Waals surface area contributed by atoms with Crippen molar-refractivity contribution in [1.82, 2.24) is 10.1 Å². The van der Waals surface area contributed by atoms with E-state index in [1.54, 1.807) is 0 Å². The molecule has 1 aromatic carbocycles. The molecule has 182 valence electrons. The van der Waals surface area contributed by atoms with E-state index in [1.807, 2.05) is 0 Å². The van der Waals surface area contributed by atoms with Crippen LogP contribution in [0, 0.1) is 0 Å². The first-order chi connectivity index (χ1) is 16.9. The summed E-state index contributed by atoms with van der Waals surface area (Å²) in [5, 5.41) is 71.7. The summed E-state index contributed by atoms with van der Waals surface area (Å²) in [5.74, 6) is -12.8. The van der Waals surface area contributed by atoms with E-state index in [2.05, 4.69) is 20.8 Å². The molecule has 0 atom stereocenters.